The number of nitrogens with one attached hydrogen (secondary N) is 1. The number of benzene rings is 1. The number of aryl methyl sites for hydroxylation is 2. The summed E-state index contributed by atoms with van der Waals surface area (Å²) < 4.78 is 29.3. The Morgan fingerprint density at radius 1 is 1.14 bits per heavy atom. The summed E-state index contributed by atoms with van der Waals surface area (Å²) in [6, 6.07) is 1.65. The lowest BCUT2D eigenvalue weighted by atomic mass is 9.75. The normalized spacial score (nSPS) is 25.7. The lowest BCUT2D eigenvalue weighted by molar-refractivity contribution is -0.146. The minimum Gasteiger partial charge on any atom is -0.481 e. The van der Waals surface area contributed by atoms with Crippen LogP contribution in [0.15, 0.2) is 11.0 Å². The standard InChI is InChI=1S/C21H29NO6S/c1-11-7-12(2)19(13(3)16(11)10-18(23)24)29(27,28)22-21(4,20(25)26)17-9-14-5-6-15(17)8-14/h7,14-15,17,22H,5-6,8-10H2,1-4H3,(H,23,24)(H,25,26). The van der Waals surface area contributed by atoms with Crippen LogP contribution in [0.25, 0.3) is 0 Å². The molecule has 0 aromatic heterocycles. The number of carboxylic acid groups (broad SMARTS) is 2. The number of hydrogen-bond acceptors (Lipinski definition) is 4. The van der Waals surface area contributed by atoms with Gasteiger partial charge in [-0.1, -0.05) is 12.5 Å². The third-order valence-electron chi connectivity index (χ3n) is 6.93. The number of fused-ring (bicyclic) bond motifs is 2. The lowest BCUT2D eigenvalue weighted by Gasteiger charge is -2.37. The van der Waals surface area contributed by atoms with Crippen LogP contribution in [0.3, 0.4) is 0 Å². The van der Waals surface area contributed by atoms with Gasteiger partial charge in [0.05, 0.1) is 11.3 Å². The van der Waals surface area contributed by atoms with Gasteiger partial charge in [-0.2, -0.15) is 4.72 Å². The number of carboxylic acids is 2. The first-order chi connectivity index (χ1) is 13.4. The molecule has 4 unspecified atom stereocenters. The van der Waals surface area contributed by atoms with E-state index in [1.54, 1.807) is 26.8 Å². The Bertz CT molecular complexity index is 970. The molecule has 2 bridgehead atoms. The maximum Gasteiger partial charge on any atom is 0.324 e. The van der Waals surface area contributed by atoms with Crippen molar-refractivity contribution in [3.05, 3.63) is 28.3 Å². The highest BCUT2D eigenvalue weighted by Crippen LogP contribution is 2.52. The van der Waals surface area contributed by atoms with Crippen LogP contribution in [0.2, 0.25) is 0 Å². The Kier molecular flexibility index (Phi) is 5.55. The molecule has 29 heavy (non-hydrogen) atoms. The summed E-state index contributed by atoms with van der Waals surface area (Å²) in [5, 5.41) is 19.2. The molecule has 3 rings (SSSR count). The second-order valence-corrected chi connectivity index (χ2v) is 10.5. The average Bonchev–Trinajstić information content (AvgIpc) is 3.20. The van der Waals surface area contributed by atoms with Gasteiger partial charge in [0.1, 0.15) is 5.54 Å². The Hall–Kier alpha value is -1.93. The number of sulfonamides is 1. The predicted octanol–water partition coefficient (Wildman–Crippen LogP) is 2.80. The molecule has 2 fully saturated rings. The zero-order valence-electron chi connectivity index (χ0n) is 17.3. The Morgan fingerprint density at radius 2 is 1.79 bits per heavy atom. The van der Waals surface area contributed by atoms with Crippen molar-refractivity contribution >= 4 is 22.0 Å². The van der Waals surface area contributed by atoms with E-state index in [0.717, 1.165) is 19.3 Å². The Balaban J connectivity index is 2.04. The third kappa shape index (κ3) is 3.80. The molecule has 2 saturated carbocycles. The van der Waals surface area contributed by atoms with Gasteiger partial charge >= 0.3 is 11.9 Å². The van der Waals surface area contributed by atoms with Gasteiger partial charge in [-0.3, -0.25) is 9.59 Å². The van der Waals surface area contributed by atoms with Gasteiger partial charge in [-0.15, -0.1) is 0 Å². The molecule has 7 nitrogen and oxygen atoms in total. The SMILES string of the molecule is Cc1cc(C)c(S(=O)(=O)NC(C)(C(=O)O)C2CC3CCC2C3)c(C)c1CC(=O)O. The zero-order chi connectivity index (χ0) is 21.7. The third-order valence-corrected chi connectivity index (χ3v) is 8.79. The second kappa shape index (κ2) is 7.40. The first-order valence-electron chi connectivity index (χ1n) is 9.95. The van der Waals surface area contributed by atoms with E-state index in [-0.39, 0.29) is 23.2 Å². The van der Waals surface area contributed by atoms with Gasteiger partial charge in [-0.25, -0.2) is 8.42 Å². The Labute approximate surface area is 171 Å². The van der Waals surface area contributed by atoms with Crippen molar-refractivity contribution < 1.29 is 28.2 Å². The molecular weight excluding hydrogens is 394 g/mol. The predicted molar refractivity (Wildman–Crippen MR) is 107 cm³/mol. The van der Waals surface area contributed by atoms with E-state index < -0.39 is 27.5 Å². The molecule has 2 aliphatic carbocycles. The van der Waals surface area contributed by atoms with E-state index in [1.165, 1.54) is 6.92 Å². The zero-order valence-corrected chi connectivity index (χ0v) is 18.1. The largest absolute Gasteiger partial charge is 0.481 e. The number of carbonyl (C=O) groups is 2. The van der Waals surface area contributed by atoms with Crippen LogP contribution in [0.1, 0.15) is 54.9 Å². The van der Waals surface area contributed by atoms with Crippen LogP contribution >= 0.6 is 0 Å². The summed E-state index contributed by atoms with van der Waals surface area (Å²) in [5.74, 6) is -1.79. The van der Waals surface area contributed by atoms with Crippen LogP contribution in [0.4, 0.5) is 0 Å². The van der Waals surface area contributed by atoms with Crippen molar-refractivity contribution in [1.82, 2.24) is 4.72 Å². The molecule has 1 aromatic rings. The second-order valence-electron chi connectivity index (χ2n) is 8.91. The molecule has 2 aliphatic rings. The van der Waals surface area contributed by atoms with Crippen LogP contribution in [0.5, 0.6) is 0 Å². The van der Waals surface area contributed by atoms with Crippen molar-refractivity contribution in [2.45, 2.75) is 70.2 Å². The van der Waals surface area contributed by atoms with Crippen molar-refractivity contribution in [2.75, 3.05) is 0 Å². The minimum atomic E-state index is -4.18. The smallest absolute Gasteiger partial charge is 0.324 e. The van der Waals surface area contributed by atoms with E-state index in [0.29, 0.717) is 34.6 Å². The van der Waals surface area contributed by atoms with Crippen LogP contribution in [-0.4, -0.2) is 36.1 Å². The fourth-order valence-electron chi connectivity index (χ4n) is 5.60. The van der Waals surface area contributed by atoms with Crippen molar-refractivity contribution in [1.29, 1.82) is 0 Å². The number of rotatable bonds is 7. The Morgan fingerprint density at radius 3 is 2.28 bits per heavy atom. The van der Waals surface area contributed by atoms with Crippen molar-refractivity contribution in [2.24, 2.45) is 17.8 Å². The summed E-state index contributed by atoms with van der Waals surface area (Å²) in [7, 11) is -4.18. The average molecular weight is 424 g/mol. The summed E-state index contributed by atoms with van der Waals surface area (Å²) in [4.78, 5) is 23.4. The summed E-state index contributed by atoms with van der Waals surface area (Å²) >= 11 is 0. The molecule has 0 amide bonds. The number of aliphatic carboxylic acids is 2. The maximum absolute atomic E-state index is 13.4. The minimum absolute atomic E-state index is 0.0185. The van der Waals surface area contributed by atoms with Crippen LogP contribution < -0.4 is 4.72 Å². The molecule has 160 valence electrons. The van der Waals surface area contributed by atoms with Crippen molar-refractivity contribution in [3.63, 3.8) is 0 Å². The van der Waals surface area contributed by atoms with Crippen LogP contribution in [-0.2, 0) is 26.0 Å². The molecule has 8 heteroatoms. The molecular formula is C21H29NO6S. The maximum atomic E-state index is 13.4. The summed E-state index contributed by atoms with van der Waals surface area (Å²) in [6.07, 6.45) is 3.40. The van der Waals surface area contributed by atoms with Crippen molar-refractivity contribution in [3.8, 4) is 0 Å². The van der Waals surface area contributed by atoms with Gasteiger partial charge < -0.3 is 10.2 Å². The van der Waals surface area contributed by atoms with E-state index in [2.05, 4.69) is 4.72 Å². The molecule has 0 radical (unpaired) electrons. The highest BCUT2D eigenvalue weighted by Gasteiger charge is 2.54. The first-order valence-corrected chi connectivity index (χ1v) is 11.4. The van der Waals surface area contributed by atoms with Gasteiger partial charge in [-0.05, 0) is 87.0 Å². The molecule has 0 saturated heterocycles. The monoisotopic (exact) mass is 423 g/mol. The van der Waals surface area contributed by atoms with E-state index in [1.807, 2.05) is 0 Å². The highest BCUT2D eigenvalue weighted by molar-refractivity contribution is 7.89. The van der Waals surface area contributed by atoms with Gasteiger partial charge in [0.2, 0.25) is 10.0 Å². The fraction of sp³-hybridized carbons (Fsp3) is 0.619. The molecule has 4 atom stereocenters. The molecule has 0 heterocycles. The highest BCUT2D eigenvalue weighted by atomic mass is 32.2. The van der Waals surface area contributed by atoms with E-state index in [4.69, 9.17) is 0 Å². The van der Waals surface area contributed by atoms with E-state index in [9.17, 15) is 28.2 Å². The lowest BCUT2D eigenvalue weighted by Crippen LogP contribution is -2.58. The van der Waals surface area contributed by atoms with Gasteiger partial charge in [0.15, 0.2) is 0 Å². The van der Waals surface area contributed by atoms with Gasteiger partial charge in [0, 0.05) is 0 Å². The molecule has 1 aromatic carbocycles. The van der Waals surface area contributed by atoms with Crippen LogP contribution in [0, 0.1) is 38.5 Å². The number of hydrogen-bond donors (Lipinski definition) is 3. The quantitative estimate of drug-likeness (QED) is 0.620. The first kappa shape index (κ1) is 21.8. The summed E-state index contributed by atoms with van der Waals surface area (Å²) in [5.41, 5.74) is 0.381. The molecule has 0 aliphatic heterocycles. The van der Waals surface area contributed by atoms with Gasteiger partial charge in [0.25, 0.3) is 0 Å². The summed E-state index contributed by atoms with van der Waals surface area (Å²) in [6.45, 7) is 6.45. The van der Waals surface area contributed by atoms with E-state index >= 15 is 0 Å². The fourth-order valence-corrected chi connectivity index (χ4v) is 7.51. The topological polar surface area (TPSA) is 121 Å². The molecule has 3 N–H and O–H groups in total. The molecule has 0 spiro atoms.